The highest BCUT2D eigenvalue weighted by Crippen LogP contribution is 2.38. The summed E-state index contributed by atoms with van der Waals surface area (Å²) in [4.78, 5) is 5.46. The Hall–Kier alpha value is -1.85. The largest absolute Gasteiger partial charge is 0.273 e. The van der Waals surface area contributed by atoms with Crippen molar-refractivity contribution in [1.82, 2.24) is 0 Å². The SMILES string of the molecule is CSB1c2cc(-c3ccc(C)s3)c(-c3ccc(C)s3)cc2B(SC)c2cc3ccccc3cc21. The number of aryl methyl sites for hydroxylation is 2. The highest BCUT2D eigenvalue weighted by molar-refractivity contribution is 8.29. The molecule has 166 valence electrons. The molecule has 0 unspecified atom stereocenters. The normalized spacial score (nSPS) is 12.8. The van der Waals surface area contributed by atoms with Gasteiger partial charge in [-0.2, -0.15) is 0 Å². The van der Waals surface area contributed by atoms with Gasteiger partial charge in [0.05, 0.1) is 0 Å². The van der Waals surface area contributed by atoms with E-state index in [2.05, 4.69) is 99.2 Å². The second-order valence-corrected chi connectivity index (χ2v) is 13.4. The highest BCUT2D eigenvalue weighted by Gasteiger charge is 2.37. The first kappa shape index (κ1) is 22.6. The van der Waals surface area contributed by atoms with Gasteiger partial charge in [0.15, 0.2) is 0 Å². The molecule has 0 N–H and O–H groups in total. The van der Waals surface area contributed by atoms with Gasteiger partial charge in [0.25, 0.3) is 12.0 Å². The van der Waals surface area contributed by atoms with E-state index in [1.54, 1.807) is 0 Å². The van der Waals surface area contributed by atoms with Crippen LogP contribution < -0.4 is 21.9 Å². The lowest BCUT2D eigenvalue weighted by Crippen LogP contribution is -2.66. The summed E-state index contributed by atoms with van der Waals surface area (Å²) in [7, 11) is 0. The van der Waals surface area contributed by atoms with Gasteiger partial charge in [-0.3, -0.25) is 0 Å². The van der Waals surface area contributed by atoms with Crippen molar-refractivity contribution in [1.29, 1.82) is 0 Å². The first-order valence-corrected chi connectivity index (χ1v) is 15.7. The minimum absolute atomic E-state index is 0.344. The van der Waals surface area contributed by atoms with Crippen LogP contribution in [0, 0.1) is 13.8 Å². The molecule has 1 aliphatic rings. The fourth-order valence-electron chi connectivity index (χ4n) is 5.23. The van der Waals surface area contributed by atoms with E-state index in [0.29, 0.717) is 12.0 Å². The van der Waals surface area contributed by atoms with Crippen LogP contribution in [-0.2, 0) is 0 Å². The van der Waals surface area contributed by atoms with Gasteiger partial charge >= 0.3 is 0 Å². The summed E-state index contributed by atoms with van der Waals surface area (Å²) in [6, 6.07) is 27.8. The summed E-state index contributed by atoms with van der Waals surface area (Å²) in [6.45, 7) is 4.41. The molecule has 0 fully saturated rings. The Labute approximate surface area is 219 Å². The van der Waals surface area contributed by atoms with Crippen LogP contribution in [0.1, 0.15) is 9.75 Å². The third-order valence-electron chi connectivity index (χ3n) is 6.79. The van der Waals surface area contributed by atoms with E-state index in [1.807, 2.05) is 45.9 Å². The zero-order valence-corrected chi connectivity index (χ0v) is 23.0. The zero-order chi connectivity index (χ0) is 23.4. The lowest BCUT2D eigenvalue weighted by atomic mass is 9.41. The molecule has 5 aromatic rings. The molecule has 0 aliphatic carbocycles. The molecule has 0 saturated carbocycles. The van der Waals surface area contributed by atoms with E-state index >= 15 is 0 Å². The Balaban J connectivity index is 1.64. The average Bonchev–Trinajstić information content (AvgIpc) is 3.48. The fourth-order valence-corrected chi connectivity index (χ4v) is 8.85. The van der Waals surface area contributed by atoms with Gasteiger partial charge in [0.1, 0.15) is 0 Å². The molecular formula is C28H24B2S4. The van der Waals surface area contributed by atoms with Crippen LogP contribution in [0.5, 0.6) is 0 Å². The number of benzene rings is 3. The average molecular weight is 510 g/mol. The van der Waals surface area contributed by atoms with Gasteiger partial charge < -0.3 is 0 Å². The van der Waals surface area contributed by atoms with Crippen molar-refractivity contribution in [2.24, 2.45) is 0 Å². The molecule has 0 atom stereocenters. The molecule has 6 heteroatoms. The van der Waals surface area contributed by atoms with Crippen molar-refractivity contribution in [3.05, 3.63) is 82.6 Å². The molecule has 1 aliphatic heterocycles. The Morgan fingerprint density at radius 2 is 0.971 bits per heavy atom. The monoisotopic (exact) mass is 510 g/mol. The Morgan fingerprint density at radius 1 is 0.559 bits per heavy atom. The van der Waals surface area contributed by atoms with Gasteiger partial charge in [0, 0.05) is 19.5 Å². The van der Waals surface area contributed by atoms with Crippen molar-refractivity contribution < 1.29 is 0 Å². The molecule has 0 nitrogen and oxygen atoms in total. The smallest absolute Gasteiger partial charge is 0.200 e. The predicted octanol–water partition coefficient (Wildman–Crippen LogP) is 6.16. The van der Waals surface area contributed by atoms with E-state index in [9.17, 15) is 0 Å². The van der Waals surface area contributed by atoms with Gasteiger partial charge in [-0.15, -0.1) is 22.7 Å². The summed E-state index contributed by atoms with van der Waals surface area (Å²) in [5.74, 6) is 0.689. The van der Waals surface area contributed by atoms with Crippen LogP contribution in [-0.4, -0.2) is 24.5 Å². The quantitative estimate of drug-likeness (QED) is 0.266. The molecule has 0 bridgehead atoms. The van der Waals surface area contributed by atoms with Crippen LogP contribution in [0.25, 0.3) is 31.7 Å². The van der Waals surface area contributed by atoms with Gasteiger partial charge in [-0.05, 0) is 72.5 Å². The number of hydrogen-bond acceptors (Lipinski definition) is 4. The maximum Gasteiger partial charge on any atom is 0.273 e. The van der Waals surface area contributed by atoms with Crippen LogP contribution in [0.2, 0.25) is 0 Å². The zero-order valence-electron chi connectivity index (χ0n) is 19.7. The van der Waals surface area contributed by atoms with Crippen molar-refractivity contribution in [3.8, 4) is 20.9 Å². The van der Waals surface area contributed by atoms with Crippen LogP contribution in [0.3, 0.4) is 0 Å². The van der Waals surface area contributed by atoms with Crippen LogP contribution >= 0.6 is 45.9 Å². The lowest BCUT2D eigenvalue weighted by molar-refractivity contribution is 1.64. The predicted molar refractivity (Wildman–Crippen MR) is 164 cm³/mol. The maximum atomic E-state index is 2.52. The van der Waals surface area contributed by atoms with E-state index in [-0.39, 0.29) is 0 Å². The van der Waals surface area contributed by atoms with Crippen LogP contribution in [0.15, 0.2) is 72.8 Å². The van der Waals surface area contributed by atoms with E-state index in [1.165, 1.54) is 63.3 Å². The summed E-state index contributed by atoms with van der Waals surface area (Å²) in [5.41, 5.74) is 8.67. The molecule has 0 spiro atoms. The second-order valence-electron chi connectivity index (χ2n) is 8.91. The third-order valence-corrected chi connectivity index (χ3v) is 10.8. The van der Waals surface area contributed by atoms with Crippen molar-refractivity contribution in [2.75, 3.05) is 12.5 Å². The Morgan fingerprint density at radius 3 is 1.32 bits per heavy atom. The summed E-state index contributed by atoms with van der Waals surface area (Å²) < 4.78 is 0. The standard InChI is InChI=1S/C28H24B2S4/c1-17-9-11-27(33-17)21-15-25-26(16-22(21)28-12-10-18(2)34-28)30(32-4)24-14-20-8-6-5-7-19(20)13-23(24)29(25)31-3/h5-16H,1-4H3. The van der Waals surface area contributed by atoms with Gasteiger partial charge in [0.2, 0.25) is 0 Å². The van der Waals surface area contributed by atoms with Crippen molar-refractivity contribution in [3.63, 3.8) is 0 Å². The minimum Gasteiger partial charge on any atom is -0.200 e. The fraction of sp³-hybridized carbons (Fsp3) is 0.143. The van der Waals surface area contributed by atoms with Crippen LogP contribution in [0.4, 0.5) is 0 Å². The molecule has 0 amide bonds. The summed E-state index contributed by atoms with van der Waals surface area (Å²) in [6.07, 6.45) is 4.52. The Kier molecular flexibility index (Phi) is 5.97. The van der Waals surface area contributed by atoms with Crippen molar-refractivity contribution in [2.45, 2.75) is 13.8 Å². The molecule has 3 aromatic carbocycles. The van der Waals surface area contributed by atoms with Gasteiger partial charge in [-0.1, -0.05) is 70.4 Å². The first-order chi connectivity index (χ1) is 16.6. The van der Waals surface area contributed by atoms with E-state index in [4.69, 9.17) is 0 Å². The summed E-state index contributed by atoms with van der Waals surface area (Å²) in [5, 5.41) is 2.67. The van der Waals surface area contributed by atoms with Gasteiger partial charge in [-0.25, -0.2) is 23.2 Å². The lowest BCUT2D eigenvalue weighted by Gasteiger charge is -2.31. The topological polar surface area (TPSA) is 0 Å². The molecule has 0 saturated heterocycles. The minimum atomic E-state index is 0.344. The number of thiophene rings is 2. The number of fused-ring (bicyclic) bond motifs is 3. The summed E-state index contributed by atoms with van der Waals surface area (Å²) >= 11 is 7.73. The molecule has 2 aromatic heterocycles. The molecule has 0 radical (unpaired) electrons. The second kappa shape index (κ2) is 8.98. The highest BCUT2D eigenvalue weighted by atomic mass is 32.2. The molecular weight excluding hydrogens is 486 g/mol. The molecule has 3 heterocycles. The molecule has 34 heavy (non-hydrogen) atoms. The molecule has 6 rings (SSSR count). The number of hydrogen-bond donors (Lipinski definition) is 0. The van der Waals surface area contributed by atoms with E-state index < -0.39 is 0 Å². The maximum absolute atomic E-state index is 2.52. The number of rotatable bonds is 4. The third kappa shape index (κ3) is 3.71. The first-order valence-electron chi connectivity index (χ1n) is 11.5. The van der Waals surface area contributed by atoms with E-state index in [0.717, 1.165) is 0 Å². The Bertz CT molecular complexity index is 1420. The van der Waals surface area contributed by atoms with Crippen molar-refractivity contribution >= 4 is 90.5 Å².